The average Bonchev–Trinajstić information content (AvgIpc) is 2.38. The standard InChI is InChI=1S/C10H13O10P/c11-7(12)1-5(9(14)15)3-19-8(13)2-6(10(16)17)4-20-21-18/h5-6H,1-4H2,(H,11,12)(H,14,15)(H,16,17). The molecule has 0 saturated carbocycles. The van der Waals surface area contributed by atoms with Crippen LogP contribution in [-0.4, -0.2) is 52.4 Å². The minimum absolute atomic E-state index is 0.493. The largest absolute Gasteiger partial charge is 0.481 e. The number of rotatable bonds is 11. The van der Waals surface area contributed by atoms with Gasteiger partial charge in [0.25, 0.3) is 0 Å². The molecule has 0 aliphatic carbocycles. The first-order chi connectivity index (χ1) is 9.77. The number of aliphatic carboxylic acids is 3. The van der Waals surface area contributed by atoms with E-state index >= 15 is 0 Å². The van der Waals surface area contributed by atoms with Crippen LogP contribution in [0.3, 0.4) is 0 Å². The first-order valence-electron chi connectivity index (χ1n) is 5.55. The lowest BCUT2D eigenvalue weighted by atomic mass is 10.1. The van der Waals surface area contributed by atoms with Gasteiger partial charge in [0.1, 0.15) is 12.5 Å². The highest BCUT2D eigenvalue weighted by Crippen LogP contribution is 2.11. The molecule has 0 fully saturated rings. The average molecular weight is 324 g/mol. The van der Waals surface area contributed by atoms with Gasteiger partial charge in [-0.2, -0.15) is 0 Å². The van der Waals surface area contributed by atoms with Gasteiger partial charge in [-0.3, -0.25) is 23.7 Å². The molecule has 10 nitrogen and oxygen atoms in total. The summed E-state index contributed by atoms with van der Waals surface area (Å²) < 4.78 is 18.9. The molecular weight excluding hydrogens is 311 g/mol. The van der Waals surface area contributed by atoms with Crippen molar-refractivity contribution in [2.75, 3.05) is 13.2 Å². The first kappa shape index (κ1) is 18.9. The van der Waals surface area contributed by atoms with Crippen molar-refractivity contribution in [3.05, 3.63) is 0 Å². The SMILES string of the molecule is O=POCC(CC(=O)OCC(CC(=O)O)C(=O)O)C(=O)O. The zero-order chi connectivity index (χ0) is 16.4. The third-order valence-corrected chi connectivity index (χ3v) is 2.56. The smallest absolute Gasteiger partial charge is 0.327 e. The van der Waals surface area contributed by atoms with Crippen LogP contribution in [0.1, 0.15) is 12.8 Å². The van der Waals surface area contributed by atoms with E-state index in [0.717, 1.165) is 0 Å². The van der Waals surface area contributed by atoms with Crippen LogP contribution >= 0.6 is 8.69 Å². The summed E-state index contributed by atoms with van der Waals surface area (Å²) in [5.74, 6) is -7.95. The summed E-state index contributed by atoms with van der Waals surface area (Å²) in [4.78, 5) is 43.3. The van der Waals surface area contributed by atoms with Gasteiger partial charge in [-0.25, -0.2) is 4.57 Å². The Morgan fingerprint density at radius 1 is 0.905 bits per heavy atom. The predicted octanol–water partition coefficient (Wildman–Crippen LogP) is 0.0193. The Hall–Kier alpha value is -2.06. The fourth-order valence-electron chi connectivity index (χ4n) is 1.22. The molecule has 0 aliphatic heterocycles. The third-order valence-electron chi connectivity index (χ3n) is 2.31. The van der Waals surface area contributed by atoms with Gasteiger partial charge >= 0.3 is 32.6 Å². The highest BCUT2D eigenvalue weighted by atomic mass is 31.1. The van der Waals surface area contributed by atoms with E-state index in [9.17, 15) is 23.7 Å². The molecule has 0 saturated heterocycles. The molecule has 0 aromatic heterocycles. The van der Waals surface area contributed by atoms with E-state index in [1.54, 1.807) is 0 Å². The summed E-state index contributed by atoms with van der Waals surface area (Å²) in [5.41, 5.74) is 0. The summed E-state index contributed by atoms with van der Waals surface area (Å²) >= 11 is 0. The zero-order valence-corrected chi connectivity index (χ0v) is 11.5. The number of carboxylic acids is 3. The van der Waals surface area contributed by atoms with Crippen LogP contribution in [0, 0.1) is 11.8 Å². The highest BCUT2D eigenvalue weighted by Gasteiger charge is 2.26. The van der Waals surface area contributed by atoms with Crippen LogP contribution in [0.4, 0.5) is 0 Å². The van der Waals surface area contributed by atoms with Gasteiger partial charge in [-0.05, 0) is 0 Å². The second kappa shape index (κ2) is 9.78. The van der Waals surface area contributed by atoms with Crippen LogP contribution in [0.5, 0.6) is 0 Å². The van der Waals surface area contributed by atoms with Gasteiger partial charge in [0.2, 0.25) is 0 Å². The molecule has 0 aromatic rings. The van der Waals surface area contributed by atoms with Crippen LogP contribution in [0.15, 0.2) is 0 Å². The minimum Gasteiger partial charge on any atom is -0.481 e. The van der Waals surface area contributed by atoms with Gasteiger partial charge in [0.05, 0.1) is 25.4 Å². The Kier molecular flexibility index (Phi) is 8.82. The minimum atomic E-state index is -1.45. The van der Waals surface area contributed by atoms with E-state index in [1.807, 2.05) is 0 Å². The molecule has 11 heteroatoms. The van der Waals surface area contributed by atoms with Crippen molar-refractivity contribution in [1.82, 2.24) is 0 Å². The van der Waals surface area contributed by atoms with E-state index in [-0.39, 0.29) is 0 Å². The quantitative estimate of drug-likeness (QED) is 0.348. The summed E-state index contributed by atoms with van der Waals surface area (Å²) in [6.07, 6.45) is -1.35. The number of carbonyl (C=O) groups excluding carboxylic acids is 1. The van der Waals surface area contributed by atoms with Crippen molar-refractivity contribution in [2.45, 2.75) is 12.8 Å². The number of carbonyl (C=O) groups is 4. The number of ether oxygens (including phenoxy) is 1. The normalized spacial score (nSPS) is 13.3. The maximum absolute atomic E-state index is 11.4. The van der Waals surface area contributed by atoms with Crippen LogP contribution < -0.4 is 0 Å². The summed E-state index contributed by atoms with van der Waals surface area (Å²) in [7, 11) is -0.742. The number of hydrogen-bond acceptors (Lipinski definition) is 7. The maximum atomic E-state index is 11.4. The van der Waals surface area contributed by atoms with Crippen molar-refractivity contribution in [1.29, 1.82) is 0 Å². The van der Waals surface area contributed by atoms with Crippen LogP contribution in [-0.2, 0) is 33.0 Å². The molecule has 0 radical (unpaired) electrons. The topological polar surface area (TPSA) is 165 Å². The van der Waals surface area contributed by atoms with Crippen molar-refractivity contribution in [3.63, 3.8) is 0 Å². The fraction of sp³-hybridized carbons (Fsp3) is 0.600. The lowest BCUT2D eigenvalue weighted by Gasteiger charge is -2.13. The van der Waals surface area contributed by atoms with E-state index in [1.165, 1.54) is 0 Å². The summed E-state index contributed by atoms with van der Waals surface area (Å²) in [6, 6.07) is 0. The second-order valence-electron chi connectivity index (χ2n) is 3.93. The molecule has 2 atom stereocenters. The fourth-order valence-corrected chi connectivity index (χ4v) is 1.46. The lowest BCUT2D eigenvalue weighted by molar-refractivity contribution is -0.158. The molecule has 0 bridgehead atoms. The molecule has 21 heavy (non-hydrogen) atoms. The lowest BCUT2D eigenvalue weighted by Crippen LogP contribution is -2.27. The monoisotopic (exact) mass is 324 g/mol. The van der Waals surface area contributed by atoms with Crippen molar-refractivity contribution >= 4 is 32.6 Å². The Morgan fingerprint density at radius 2 is 1.43 bits per heavy atom. The van der Waals surface area contributed by atoms with Gasteiger partial charge in [-0.15, -0.1) is 0 Å². The zero-order valence-electron chi connectivity index (χ0n) is 10.6. The summed E-state index contributed by atoms with van der Waals surface area (Å²) in [5, 5.41) is 26.0. The van der Waals surface area contributed by atoms with Gasteiger partial charge in [-0.1, -0.05) is 0 Å². The highest BCUT2D eigenvalue weighted by molar-refractivity contribution is 7.17. The number of hydrogen-bond donors (Lipinski definition) is 3. The summed E-state index contributed by atoms with van der Waals surface area (Å²) in [6.45, 7) is -1.18. The Labute approximate surface area is 119 Å². The van der Waals surface area contributed by atoms with Crippen molar-refractivity contribution in [2.24, 2.45) is 11.8 Å². The molecule has 0 spiro atoms. The molecule has 0 aliphatic rings. The van der Waals surface area contributed by atoms with E-state index in [4.69, 9.17) is 15.3 Å². The van der Waals surface area contributed by atoms with Gasteiger partial charge < -0.3 is 20.1 Å². The van der Waals surface area contributed by atoms with Crippen molar-refractivity contribution < 1.29 is 48.3 Å². The Balaban J connectivity index is 4.38. The third kappa shape index (κ3) is 8.66. The van der Waals surface area contributed by atoms with E-state index in [2.05, 4.69) is 9.26 Å². The first-order valence-corrected chi connectivity index (χ1v) is 6.28. The molecule has 0 heterocycles. The molecular formula is C10H13O10P. The van der Waals surface area contributed by atoms with Crippen molar-refractivity contribution in [3.8, 4) is 0 Å². The predicted molar refractivity (Wildman–Crippen MR) is 63.6 cm³/mol. The van der Waals surface area contributed by atoms with Gasteiger partial charge in [0, 0.05) is 0 Å². The molecule has 2 unspecified atom stereocenters. The van der Waals surface area contributed by atoms with Crippen LogP contribution in [0.25, 0.3) is 0 Å². The molecule has 0 amide bonds. The Bertz CT molecular complexity index is 420. The number of carboxylic acid groups (broad SMARTS) is 3. The van der Waals surface area contributed by atoms with Gasteiger partial charge in [0.15, 0.2) is 0 Å². The van der Waals surface area contributed by atoms with Crippen LogP contribution in [0.2, 0.25) is 0 Å². The molecule has 3 N–H and O–H groups in total. The molecule has 0 aromatic carbocycles. The molecule has 118 valence electrons. The number of esters is 1. The maximum Gasteiger partial charge on any atom is 0.327 e. The second-order valence-corrected chi connectivity index (χ2v) is 4.33. The molecule has 0 rings (SSSR count). The Morgan fingerprint density at radius 3 is 1.86 bits per heavy atom. The van der Waals surface area contributed by atoms with E-state index < -0.39 is 70.5 Å². The van der Waals surface area contributed by atoms with E-state index in [0.29, 0.717) is 0 Å².